The van der Waals surface area contributed by atoms with Gasteiger partial charge < -0.3 is 14.8 Å². The number of hydrogen-bond donors (Lipinski definition) is 1. The van der Waals surface area contributed by atoms with E-state index in [0.29, 0.717) is 44.8 Å². The third kappa shape index (κ3) is 7.20. The van der Waals surface area contributed by atoms with Crippen LogP contribution < -0.4 is 14.8 Å². The van der Waals surface area contributed by atoms with Crippen LogP contribution in [0.4, 0.5) is 0 Å². The van der Waals surface area contributed by atoms with Crippen molar-refractivity contribution in [1.29, 1.82) is 0 Å². The number of aryl methyl sites for hydroxylation is 1. The number of carbonyl (C=O) groups is 1. The predicted octanol–water partition coefficient (Wildman–Crippen LogP) is 3.38. The Hall–Kier alpha value is -2.58. The van der Waals surface area contributed by atoms with Gasteiger partial charge in [-0.1, -0.05) is 36.4 Å². The maximum atomic E-state index is 12.7. The van der Waals surface area contributed by atoms with Crippen molar-refractivity contribution in [2.24, 2.45) is 5.92 Å². The van der Waals surface area contributed by atoms with Gasteiger partial charge in [-0.25, -0.2) is 12.7 Å². The van der Waals surface area contributed by atoms with Crippen molar-refractivity contribution < 1.29 is 22.7 Å². The number of amides is 1. The van der Waals surface area contributed by atoms with Crippen LogP contribution in [0.2, 0.25) is 0 Å². The summed E-state index contributed by atoms with van der Waals surface area (Å²) in [5, 5.41) is 3.01. The van der Waals surface area contributed by atoms with Gasteiger partial charge in [-0.05, 0) is 55.9 Å². The molecule has 0 bridgehead atoms. The number of piperidine rings is 1. The van der Waals surface area contributed by atoms with E-state index in [1.807, 2.05) is 55.5 Å². The van der Waals surface area contributed by atoms with E-state index >= 15 is 0 Å². The molecule has 0 unspecified atom stereocenters. The number of sulfonamides is 1. The molecule has 1 amide bonds. The van der Waals surface area contributed by atoms with Crippen LogP contribution in [-0.4, -0.2) is 52.0 Å². The zero-order valence-electron chi connectivity index (χ0n) is 19.5. The molecule has 1 heterocycles. The van der Waals surface area contributed by atoms with Crippen LogP contribution in [0.3, 0.4) is 0 Å². The molecular formula is C25H34N2O5S. The van der Waals surface area contributed by atoms with Gasteiger partial charge in [0.1, 0.15) is 0 Å². The summed E-state index contributed by atoms with van der Waals surface area (Å²) < 4.78 is 37.8. The number of nitrogens with zero attached hydrogens (tertiary/aromatic N) is 1. The summed E-state index contributed by atoms with van der Waals surface area (Å²) in [6.07, 6.45) is 2.73. The molecule has 0 atom stereocenters. The smallest absolute Gasteiger partial charge is 0.223 e. The second-order valence-corrected chi connectivity index (χ2v) is 10.2. The van der Waals surface area contributed by atoms with Gasteiger partial charge in [-0.2, -0.15) is 0 Å². The molecule has 2 aromatic carbocycles. The number of nitrogens with one attached hydrogen (secondary N) is 1. The first-order valence-electron chi connectivity index (χ1n) is 11.5. The van der Waals surface area contributed by atoms with Gasteiger partial charge in [0.15, 0.2) is 11.5 Å². The maximum Gasteiger partial charge on any atom is 0.223 e. The van der Waals surface area contributed by atoms with Crippen LogP contribution in [0.25, 0.3) is 0 Å². The first kappa shape index (κ1) is 25.1. The Morgan fingerprint density at radius 2 is 1.79 bits per heavy atom. The van der Waals surface area contributed by atoms with Gasteiger partial charge in [0.05, 0.1) is 19.5 Å². The lowest BCUT2D eigenvalue weighted by molar-refractivity contribution is -0.126. The number of ether oxygens (including phenoxy) is 2. The second-order valence-electron chi connectivity index (χ2n) is 8.23. The van der Waals surface area contributed by atoms with Crippen molar-refractivity contribution >= 4 is 15.9 Å². The van der Waals surface area contributed by atoms with Crippen molar-refractivity contribution in [3.8, 4) is 11.5 Å². The lowest BCUT2D eigenvalue weighted by Crippen LogP contribution is -2.43. The first-order chi connectivity index (χ1) is 15.9. The Labute approximate surface area is 197 Å². The minimum Gasteiger partial charge on any atom is -0.493 e. The van der Waals surface area contributed by atoms with Crippen LogP contribution >= 0.6 is 0 Å². The summed E-state index contributed by atoms with van der Waals surface area (Å²) in [4.78, 5) is 12.6. The van der Waals surface area contributed by atoms with E-state index in [9.17, 15) is 13.2 Å². The number of benzene rings is 2. The average molecular weight is 475 g/mol. The fourth-order valence-electron chi connectivity index (χ4n) is 4.06. The van der Waals surface area contributed by atoms with Crippen LogP contribution in [0, 0.1) is 5.92 Å². The van der Waals surface area contributed by atoms with Crippen molar-refractivity contribution in [2.75, 3.05) is 33.4 Å². The van der Waals surface area contributed by atoms with Crippen molar-refractivity contribution in [2.45, 2.75) is 38.4 Å². The third-order valence-corrected chi connectivity index (χ3v) is 7.73. The highest BCUT2D eigenvalue weighted by molar-refractivity contribution is 7.88. The summed E-state index contributed by atoms with van der Waals surface area (Å²) in [7, 11) is -1.74. The molecule has 180 valence electrons. The average Bonchev–Trinajstić information content (AvgIpc) is 2.83. The zero-order chi connectivity index (χ0) is 23.7. The normalized spacial score (nSPS) is 15.2. The third-order valence-electron chi connectivity index (χ3n) is 5.88. The van der Waals surface area contributed by atoms with Crippen LogP contribution in [-0.2, 0) is 27.0 Å². The summed E-state index contributed by atoms with van der Waals surface area (Å²) in [5.74, 6) is 1.32. The highest BCUT2D eigenvalue weighted by Gasteiger charge is 2.31. The van der Waals surface area contributed by atoms with Gasteiger partial charge in [-0.15, -0.1) is 0 Å². The SMILES string of the molecule is CCOc1ccc(CCCNC(=O)C2CCN(S(=O)(=O)Cc3ccccc3)CC2)cc1OC. The van der Waals surface area contributed by atoms with E-state index < -0.39 is 10.0 Å². The number of methoxy groups -OCH3 is 1. The van der Waals surface area contributed by atoms with Crippen LogP contribution in [0.15, 0.2) is 48.5 Å². The van der Waals surface area contributed by atoms with Crippen LogP contribution in [0.5, 0.6) is 11.5 Å². The molecule has 0 saturated carbocycles. The van der Waals surface area contributed by atoms with Gasteiger partial charge in [0, 0.05) is 25.6 Å². The monoisotopic (exact) mass is 474 g/mol. The molecule has 0 aliphatic carbocycles. The van der Waals surface area contributed by atoms with Crippen LogP contribution in [0.1, 0.15) is 37.3 Å². The molecule has 3 rings (SSSR count). The fourth-order valence-corrected chi connectivity index (χ4v) is 5.63. The minimum atomic E-state index is -3.37. The molecule has 1 aliphatic heterocycles. The zero-order valence-corrected chi connectivity index (χ0v) is 20.3. The summed E-state index contributed by atoms with van der Waals surface area (Å²) in [5.41, 5.74) is 1.91. The highest BCUT2D eigenvalue weighted by Crippen LogP contribution is 2.28. The van der Waals surface area contributed by atoms with Gasteiger partial charge in [0.2, 0.25) is 15.9 Å². The van der Waals surface area contributed by atoms with E-state index in [-0.39, 0.29) is 17.6 Å². The first-order valence-corrected chi connectivity index (χ1v) is 13.1. The molecule has 1 saturated heterocycles. The second kappa shape index (κ2) is 12.0. The molecular weight excluding hydrogens is 440 g/mol. The molecule has 2 aromatic rings. The Kier molecular flexibility index (Phi) is 9.14. The standard InChI is InChI=1S/C25H34N2O5S/c1-3-32-23-12-11-20(18-24(23)31-2)10-7-15-26-25(28)22-13-16-27(17-14-22)33(29,30)19-21-8-5-4-6-9-21/h4-6,8-9,11-12,18,22H,3,7,10,13-17,19H2,1-2H3,(H,26,28). The molecule has 0 aromatic heterocycles. The van der Waals surface area contributed by atoms with E-state index in [1.165, 1.54) is 4.31 Å². The maximum absolute atomic E-state index is 12.7. The molecule has 1 fully saturated rings. The fraction of sp³-hybridized carbons (Fsp3) is 0.480. The molecule has 7 nitrogen and oxygen atoms in total. The Morgan fingerprint density at radius 3 is 2.45 bits per heavy atom. The highest BCUT2D eigenvalue weighted by atomic mass is 32.2. The number of carbonyl (C=O) groups excluding carboxylic acids is 1. The Balaban J connectivity index is 1.40. The summed E-state index contributed by atoms with van der Waals surface area (Å²) in [6, 6.07) is 15.1. The van der Waals surface area contributed by atoms with Gasteiger partial charge in [0.25, 0.3) is 0 Å². The minimum absolute atomic E-state index is 0.00103. The van der Waals surface area contributed by atoms with E-state index in [1.54, 1.807) is 7.11 Å². The molecule has 0 spiro atoms. The largest absolute Gasteiger partial charge is 0.493 e. The molecule has 33 heavy (non-hydrogen) atoms. The van der Waals surface area contributed by atoms with E-state index in [0.717, 1.165) is 29.7 Å². The number of rotatable bonds is 11. The topological polar surface area (TPSA) is 84.9 Å². The molecule has 0 radical (unpaired) electrons. The molecule has 1 aliphatic rings. The van der Waals surface area contributed by atoms with Gasteiger partial charge in [-0.3, -0.25) is 4.79 Å². The lowest BCUT2D eigenvalue weighted by atomic mass is 9.97. The molecule has 1 N–H and O–H groups in total. The lowest BCUT2D eigenvalue weighted by Gasteiger charge is -2.30. The summed E-state index contributed by atoms with van der Waals surface area (Å²) >= 11 is 0. The van der Waals surface area contributed by atoms with E-state index in [4.69, 9.17) is 9.47 Å². The molecule has 8 heteroatoms. The summed E-state index contributed by atoms with van der Waals surface area (Å²) in [6.45, 7) is 3.88. The van der Waals surface area contributed by atoms with Gasteiger partial charge >= 0.3 is 0 Å². The number of hydrogen-bond acceptors (Lipinski definition) is 5. The van der Waals surface area contributed by atoms with Crippen molar-refractivity contribution in [1.82, 2.24) is 9.62 Å². The predicted molar refractivity (Wildman–Crippen MR) is 129 cm³/mol. The quantitative estimate of drug-likeness (QED) is 0.505. The van der Waals surface area contributed by atoms with Crippen molar-refractivity contribution in [3.63, 3.8) is 0 Å². The van der Waals surface area contributed by atoms with E-state index in [2.05, 4.69) is 5.32 Å². The Bertz CT molecular complexity index is 1000. The van der Waals surface area contributed by atoms with Crippen molar-refractivity contribution in [3.05, 3.63) is 59.7 Å². The Morgan fingerprint density at radius 1 is 1.06 bits per heavy atom.